The Hall–Kier alpha value is -2.15. The molecule has 7 heteroatoms. The fourth-order valence-corrected chi connectivity index (χ4v) is 3.97. The van der Waals surface area contributed by atoms with Crippen LogP contribution >= 0.6 is 11.6 Å². The van der Waals surface area contributed by atoms with Crippen LogP contribution in [0.25, 0.3) is 0 Å². The lowest BCUT2D eigenvalue weighted by atomic mass is 9.89. The minimum atomic E-state index is -0.227. The first-order valence-electron chi connectivity index (χ1n) is 10.7. The third-order valence-corrected chi connectivity index (χ3v) is 5.65. The van der Waals surface area contributed by atoms with Crippen molar-refractivity contribution >= 4 is 28.9 Å². The normalized spacial score (nSPS) is 15.0. The first-order chi connectivity index (χ1) is 14.8. The summed E-state index contributed by atoms with van der Waals surface area (Å²) in [6.45, 7) is 13.4. The number of aromatic nitrogens is 2. The Kier molecular flexibility index (Phi) is 7.92. The minimum absolute atomic E-state index is 0.227. The molecule has 0 spiro atoms. The molecule has 1 fully saturated rings. The predicted octanol–water partition coefficient (Wildman–Crippen LogP) is 5.36. The average molecular weight is 445 g/mol. The number of hydrogen-bond donors (Lipinski definition) is 1. The molecule has 0 atom stereocenters. The summed E-state index contributed by atoms with van der Waals surface area (Å²) in [5.41, 5.74) is 2.86. The molecule has 3 rings (SSSR count). The number of nitrogens with zero attached hydrogens (tertiary/aromatic N) is 3. The largest absolute Gasteiger partial charge is 0.384 e. The van der Waals surface area contributed by atoms with Crippen LogP contribution in [0.5, 0.6) is 0 Å². The molecule has 0 amide bonds. The van der Waals surface area contributed by atoms with Crippen LogP contribution in [0.2, 0.25) is 5.02 Å². The van der Waals surface area contributed by atoms with E-state index in [2.05, 4.69) is 54.7 Å². The SMILES string of the molecule is C=C(C)CN(c1ccc(C(C)(C)COC)nc1Nc1ccc(Cl)cn1)C1CCOCC1. The number of pyridine rings is 2. The van der Waals surface area contributed by atoms with Gasteiger partial charge in [0.15, 0.2) is 5.82 Å². The predicted molar refractivity (Wildman–Crippen MR) is 128 cm³/mol. The molecule has 6 nitrogen and oxygen atoms in total. The van der Waals surface area contributed by atoms with Gasteiger partial charge < -0.3 is 19.7 Å². The Morgan fingerprint density at radius 2 is 2.03 bits per heavy atom. The molecule has 2 aromatic rings. The van der Waals surface area contributed by atoms with Gasteiger partial charge in [-0.15, -0.1) is 0 Å². The Labute approximate surface area is 190 Å². The molecule has 1 aliphatic rings. The molecule has 3 heterocycles. The van der Waals surface area contributed by atoms with Crippen LogP contribution in [-0.4, -0.2) is 49.5 Å². The third-order valence-electron chi connectivity index (χ3n) is 5.43. The number of anilines is 3. The quantitative estimate of drug-likeness (QED) is 0.525. The van der Waals surface area contributed by atoms with Gasteiger partial charge in [-0.2, -0.15) is 0 Å². The standard InChI is InChI=1S/C24H33ClN4O2/c1-17(2)15-29(19-10-12-31-13-11-19)20-7-8-21(24(3,4)16-30-5)27-23(20)28-22-9-6-18(25)14-26-22/h6-9,14,19H,1,10-13,15-16H2,2-5H3,(H,26,27,28). The van der Waals surface area contributed by atoms with Gasteiger partial charge in [0.05, 0.1) is 23.0 Å². The molecule has 0 saturated carbocycles. The van der Waals surface area contributed by atoms with Crippen molar-refractivity contribution in [1.82, 2.24) is 9.97 Å². The van der Waals surface area contributed by atoms with E-state index in [1.165, 1.54) is 0 Å². The summed E-state index contributed by atoms with van der Waals surface area (Å²) in [5, 5.41) is 4.02. The van der Waals surface area contributed by atoms with Crippen LogP contribution in [0, 0.1) is 0 Å². The fraction of sp³-hybridized carbons (Fsp3) is 0.500. The van der Waals surface area contributed by atoms with Crippen molar-refractivity contribution in [3.8, 4) is 0 Å². The number of hydrogen-bond acceptors (Lipinski definition) is 6. The summed E-state index contributed by atoms with van der Waals surface area (Å²) in [6, 6.07) is 8.29. The summed E-state index contributed by atoms with van der Waals surface area (Å²) < 4.78 is 11.0. The molecule has 0 aliphatic carbocycles. The zero-order valence-electron chi connectivity index (χ0n) is 18.9. The maximum absolute atomic E-state index is 6.03. The summed E-state index contributed by atoms with van der Waals surface area (Å²) >= 11 is 6.03. The zero-order chi connectivity index (χ0) is 22.4. The van der Waals surface area contributed by atoms with Crippen LogP contribution in [0.3, 0.4) is 0 Å². The maximum atomic E-state index is 6.03. The van der Waals surface area contributed by atoms with E-state index in [4.69, 9.17) is 26.1 Å². The number of ether oxygens (including phenoxy) is 2. The lowest BCUT2D eigenvalue weighted by Gasteiger charge is -2.37. The van der Waals surface area contributed by atoms with Crippen molar-refractivity contribution in [3.05, 3.63) is 53.3 Å². The lowest BCUT2D eigenvalue weighted by Crippen LogP contribution is -2.41. The molecule has 0 bridgehead atoms. The molecule has 1 aliphatic heterocycles. The first-order valence-corrected chi connectivity index (χ1v) is 11.1. The van der Waals surface area contributed by atoms with Crippen molar-refractivity contribution in [2.45, 2.75) is 45.1 Å². The maximum Gasteiger partial charge on any atom is 0.155 e. The monoisotopic (exact) mass is 444 g/mol. The Bertz CT molecular complexity index is 880. The number of rotatable bonds is 9. The molecule has 0 aromatic carbocycles. The smallest absolute Gasteiger partial charge is 0.155 e. The van der Waals surface area contributed by atoms with Crippen LogP contribution in [0.4, 0.5) is 17.3 Å². The van der Waals surface area contributed by atoms with E-state index in [-0.39, 0.29) is 5.41 Å². The van der Waals surface area contributed by atoms with E-state index in [0.29, 0.717) is 23.5 Å². The van der Waals surface area contributed by atoms with Gasteiger partial charge in [0.1, 0.15) is 5.82 Å². The number of halogens is 1. The Morgan fingerprint density at radius 3 is 2.65 bits per heavy atom. The van der Waals surface area contributed by atoms with E-state index >= 15 is 0 Å². The van der Waals surface area contributed by atoms with Gasteiger partial charge in [-0.1, -0.05) is 37.6 Å². The molecule has 0 unspecified atom stereocenters. The highest BCUT2D eigenvalue weighted by molar-refractivity contribution is 6.30. The van der Waals surface area contributed by atoms with Gasteiger partial charge in [0.2, 0.25) is 0 Å². The molecular weight excluding hydrogens is 412 g/mol. The van der Waals surface area contributed by atoms with Crippen molar-refractivity contribution in [2.75, 3.05) is 43.7 Å². The summed E-state index contributed by atoms with van der Waals surface area (Å²) in [7, 11) is 1.71. The van der Waals surface area contributed by atoms with Crippen LogP contribution in [0.15, 0.2) is 42.6 Å². The van der Waals surface area contributed by atoms with Gasteiger partial charge >= 0.3 is 0 Å². The van der Waals surface area contributed by atoms with E-state index in [1.54, 1.807) is 13.3 Å². The average Bonchev–Trinajstić information content (AvgIpc) is 2.74. The minimum Gasteiger partial charge on any atom is -0.384 e. The zero-order valence-corrected chi connectivity index (χ0v) is 19.7. The Balaban J connectivity index is 2.04. The van der Waals surface area contributed by atoms with Crippen LogP contribution < -0.4 is 10.2 Å². The van der Waals surface area contributed by atoms with E-state index in [9.17, 15) is 0 Å². The van der Waals surface area contributed by atoms with Gasteiger partial charge in [-0.3, -0.25) is 0 Å². The van der Waals surface area contributed by atoms with E-state index in [0.717, 1.165) is 55.4 Å². The van der Waals surface area contributed by atoms with Crippen molar-refractivity contribution in [2.24, 2.45) is 0 Å². The molecule has 1 saturated heterocycles. The molecule has 1 N–H and O–H groups in total. The summed E-state index contributed by atoms with van der Waals surface area (Å²) in [5.74, 6) is 1.46. The van der Waals surface area contributed by atoms with Crippen molar-refractivity contribution in [3.63, 3.8) is 0 Å². The topological polar surface area (TPSA) is 59.5 Å². The second-order valence-electron chi connectivity index (χ2n) is 8.80. The van der Waals surface area contributed by atoms with Gasteiger partial charge in [0.25, 0.3) is 0 Å². The molecule has 31 heavy (non-hydrogen) atoms. The molecule has 168 valence electrons. The highest BCUT2D eigenvalue weighted by Crippen LogP contribution is 2.34. The van der Waals surface area contributed by atoms with E-state index < -0.39 is 0 Å². The Morgan fingerprint density at radius 1 is 1.29 bits per heavy atom. The lowest BCUT2D eigenvalue weighted by molar-refractivity contribution is 0.0848. The summed E-state index contributed by atoms with van der Waals surface area (Å²) in [4.78, 5) is 11.8. The van der Waals surface area contributed by atoms with Crippen molar-refractivity contribution < 1.29 is 9.47 Å². The van der Waals surface area contributed by atoms with Gasteiger partial charge in [-0.05, 0) is 44.0 Å². The van der Waals surface area contributed by atoms with Gasteiger partial charge in [0, 0.05) is 44.5 Å². The number of nitrogens with one attached hydrogen (secondary N) is 1. The molecular formula is C24H33ClN4O2. The highest BCUT2D eigenvalue weighted by Gasteiger charge is 2.28. The molecule has 2 aromatic heterocycles. The fourth-order valence-electron chi connectivity index (χ4n) is 3.86. The number of methoxy groups -OCH3 is 1. The highest BCUT2D eigenvalue weighted by atomic mass is 35.5. The second-order valence-corrected chi connectivity index (χ2v) is 9.23. The first kappa shape index (κ1) is 23.5. The second kappa shape index (κ2) is 10.4. The molecule has 0 radical (unpaired) electrons. The van der Waals surface area contributed by atoms with E-state index in [1.807, 2.05) is 12.1 Å². The summed E-state index contributed by atoms with van der Waals surface area (Å²) in [6.07, 6.45) is 3.58. The van der Waals surface area contributed by atoms with Crippen molar-refractivity contribution in [1.29, 1.82) is 0 Å². The van der Waals surface area contributed by atoms with Crippen LogP contribution in [-0.2, 0) is 14.9 Å². The third kappa shape index (κ3) is 6.19. The van der Waals surface area contributed by atoms with Crippen LogP contribution in [0.1, 0.15) is 39.3 Å². The van der Waals surface area contributed by atoms with Gasteiger partial charge in [-0.25, -0.2) is 9.97 Å².